The molecule has 2 aromatic heterocycles. The maximum absolute atomic E-state index is 14.1. The van der Waals surface area contributed by atoms with Crippen LogP contribution in [0.15, 0.2) is 60.9 Å². The van der Waals surface area contributed by atoms with Gasteiger partial charge in [0.25, 0.3) is 5.91 Å². The minimum atomic E-state index is -5.10. The van der Waals surface area contributed by atoms with Crippen LogP contribution in [0.5, 0.6) is 5.75 Å². The number of imidazole rings is 1. The van der Waals surface area contributed by atoms with E-state index in [-0.39, 0.29) is 45.8 Å². The lowest BCUT2D eigenvalue weighted by molar-refractivity contribution is -0.274. The number of hydrogen-bond donors (Lipinski definition) is 3. The molecule has 3 N–H and O–H groups in total. The van der Waals surface area contributed by atoms with E-state index in [9.17, 15) is 32.3 Å². The van der Waals surface area contributed by atoms with E-state index < -0.39 is 41.6 Å². The molecular formula is C46H54ClF3N8O7. The average molecular weight is 923 g/mol. The van der Waals surface area contributed by atoms with Crippen molar-refractivity contribution in [2.24, 2.45) is 17.3 Å². The van der Waals surface area contributed by atoms with E-state index in [2.05, 4.69) is 35.2 Å². The minimum absolute atomic E-state index is 0.0123. The van der Waals surface area contributed by atoms with Gasteiger partial charge in [-0.05, 0) is 73.4 Å². The molecule has 348 valence electrons. The first-order valence-electron chi connectivity index (χ1n) is 21.6. The number of piperazine rings is 1. The Labute approximate surface area is 380 Å². The molecule has 5 heterocycles. The Balaban J connectivity index is 1.06. The van der Waals surface area contributed by atoms with Gasteiger partial charge in [0.15, 0.2) is 0 Å². The number of carbonyl (C=O) groups is 4. The van der Waals surface area contributed by atoms with Crippen LogP contribution in [-0.4, -0.2) is 114 Å². The topological polar surface area (TPSA) is 171 Å². The number of nitrogens with one attached hydrogen (secondary N) is 3. The predicted molar refractivity (Wildman–Crippen MR) is 237 cm³/mol. The number of carbonyl (C=O) groups excluding carboxylic acids is 4. The highest BCUT2D eigenvalue weighted by atomic mass is 35.5. The molecule has 0 radical (unpaired) electrons. The third-order valence-corrected chi connectivity index (χ3v) is 12.3. The van der Waals surface area contributed by atoms with Crippen LogP contribution in [0.1, 0.15) is 76.1 Å². The molecule has 19 heteroatoms. The Morgan fingerprint density at radius 2 is 1.65 bits per heavy atom. The number of aromatic amines is 1. The fourth-order valence-corrected chi connectivity index (χ4v) is 9.12. The fourth-order valence-electron chi connectivity index (χ4n) is 8.80. The first-order valence-corrected chi connectivity index (χ1v) is 22.0. The van der Waals surface area contributed by atoms with Gasteiger partial charge in [0.05, 0.1) is 41.9 Å². The van der Waals surface area contributed by atoms with Gasteiger partial charge in [0.2, 0.25) is 11.8 Å². The van der Waals surface area contributed by atoms with E-state index in [0.29, 0.717) is 92.8 Å². The summed E-state index contributed by atoms with van der Waals surface area (Å²) in [5.74, 6) is -0.320. The van der Waals surface area contributed by atoms with Crippen LogP contribution in [0.3, 0.4) is 0 Å². The lowest BCUT2D eigenvalue weighted by Gasteiger charge is -2.42. The summed E-state index contributed by atoms with van der Waals surface area (Å²) in [6.07, 6.45) is -0.854. The second-order valence-electron chi connectivity index (χ2n) is 18.0. The number of rotatable bonds is 10. The fraction of sp³-hybridized carbons (Fsp3) is 0.478. The highest BCUT2D eigenvalue weighted by Gasteiger charge is 2.42. The van der Waals surface area contributed by atoms with Crippen LogP contribution in [-0.2, 0) is 19.1 Å². The standard InChI is InChI=1S/C46H54ClF3N8O7/c1-26-19-35(58(24-26)42(60)39(55-44(62)63-6)30-13-17-64-18-14-30)40-52-23-34(54-40)28-7-9-29(10-8-28)38-33(47)20-31(21-36(38)65-46(48,49)50)41(59)53-32-11-12-37(51-22-32)57-16-15-56(25-27(57)2)43(61)45(3,4)5/h7-12,20-23,26-27,30,35,39H,13-19,24-25H2,1-6H3,(H,52,54)(H,53,59)(H,55,62). The third kappa shape index (κ3) is 11.0. The number of nitrogens with zero attached hydrogens (tertiary/aromatic N) is 5. The van der Waals surface area contributed by atoms with Gasteiger partial charge in [-0.2, -0.15) is 0 Å². The first-order chi connectivity index (χ1) is 30.8. The summed E-state index contributed by atoms with van der Waals surface area (Å²) < 4.78 is 56.3. The van der Waals surface area contributed by atoms with Gasteiger partial charge in [0.1, 0.15) is 23.4 Å². The zero-order valence-electron chi connectivity index (χ0n) is 37.1. The summed E-state index contributed by atoms with van der Waals surface area (Å²) in [5, 5.41) is 5.28. The largest absolute Gasteiger partial charge is 0.573 e. The number of H-pyrrole nitrogens is 1. The van der Waals surface area contributed by atoms with E-state index in [1.165, 1.54) is 19.4 Å². The molecule has 0 bridgehead atoms. The number of anilines is 2. The number of likely N-dealkylation sites (tertiary alicyclic amines) is 1. The Hall–Kier alpha value is -5.88. The van der Waals surface area contributed by atoms with Crippen LogP contribution in [0, 0.1) is 17.3 Å². The molecule has 0 saturated carbocycles. The van der Waals surface area contributed by atoms with Gasteiger partial charge >= 0.3 is 12.5 Å². The molecule has 0 aliphatic carbocycles. The van der Waals surface area contributed by atoms with Gasteiger partial charge in [-0.3, -0.25) is 14.4 Å². The van der Waals surface area contributed by atoms with Gasteiger partial charge in [0, 0.05) is 62.0 Å². The number of alkyl halides is 3. The second-order valence-corrected chi connectivity index (χ2v) is 18.4. The number of halogens is 4. The summed E-state index contributed by atoms with van der Waals surface area (Å²) in [4.78, 5) is 70.9. The van der Waals surface area contributed by atoms with E-state index in [1.807, 2.05) is 39.5 Å². The van der Waals surface area contributed by atoms with Crippen molar-refractivity contribution in [2.45, 2.75) is 78.4 Å². The average Bonchev–Trinajstić information content (AvgIpc) is 3.92. The molecule has 4 amide bonds. The monoisotopic (exact) mass is 922 g/mol. The smallest absolute Gasteiger partial charge is 0.453 e. The van der Waals surface area contributed by atoms with Crippen molar-refractivity contribution in [3.05, 3.63) is 77.3 Å². The lowest BCUT2D eigenvalue weighted by Crippen LogP contribution is -2.56. The van der Waals surface area contributed by atoms with Crippen LogP contribution in [0.25, 0.3) is 22.4 Å². The zero-order chi connectivity index (χ0) is 46.8. The molecule has 3 aliphatic heterocycles. The quantitative estimate of drug-likeness (QED) is 0.141. The Kier molecular flexibility index (Phi) is 14.0. The van der Waals surface area contributed by atoms with Gasteiger partial charge in [-0.1, -0.05) is 63.6 Å². The van der Waals surface area contributed by atoms with Crippen molar-refractivity contribution < 1.29 is 46.6 Å². The van der Waals surface area contributed by atoms with Crippen molar-refractivity contribution >= 4 is 46.9 Å². The number of aromatic nitrogens is 3. The molecule has 7 rings (SSSR count). The van der Waals surface area contributed by atoms with Crippen molar-refractivity contribution in [2.75, 3.05) is 56.7 Å². The zero-order valence-corrected chi connectivity index (χ0v) is 37.9. The lowest BCUT2D eigenvalue weighted by atomic mass is 9.90. The van der Waals surface area contributed by atoms with Gasteiger partial charge < -0.3 is 44.5 Å². The number of ether oxygens (including phenoxy) is 3. The number of methoxy groups -OCH3 is 1. The summed E-state index contributed by atoms with van der Waals surface area (Å²) in [5.41, 5.74) is 1.12. The number of pyridine rings is 1. The SMILES string of the molecule is COC(=O)NC(C(=O)N1CC(C)CC1c1ncc(-c2ccc(-c3c(Cl)cc(C(=O)Nc4ccc(N5CCN(C(=O)C(C)(C)C)CC5C)nc4)cc3OC(F)(F)F)cc2)[nH]1)C1CCOCC1. The molecule has 65 heavy (non-hydrogen) atoms. The Bertz CT molecular complexity index is 2370. The first kappa shape index (κ1) is 47.1. The van der Waals surface area contributed by atoms with Crippen molar-refractivity contribution in [1.29, 1.82) is 0 Å². The molecule has 15 nitrogen and oxygen atoms in total. The summed E-state index contributed by atoms with van der Waals surface area (Å²) in [6.45, 7) is 12.8. The van der Waals surface area contributed by atoms with E-state index in [1.54, 1.807) is 47.5 Å². The van der Waals surface area contributed by atoms with Gasteiger partial charge in [-0.25, -0.2) is 14.8 Å². The number of hydrogen-bond acceptors (Lipinski definition) is 10. The van der Waals surface area contributed by atoms with E-state index in [0.717, 1.165) is 6.07 Å². The number of alkyl carbamates (subject to hydrolysis) is 1. The molecule has 0 spiro atoms. The van der Waals surface area contributed by atoms with Crippen LogP contribution >= 0.6 is 11.6 Å². The maximum Gasteiger partial charge on any atom is 0.573 e. The Morgan fingerprint density at radius 3 is 2.28 bits per heavy atom. The third-order valence-electron chi connectivity index (χ3n) is 12.0. The van der Waals surface area contributed by atoms with Crippen LogP contribution in [0.2, 0.25) is 5.02 Å². The maximum atomic E-state index is 14.1. The molecule has 4 atom stereocenters. The van der Waals surface area contributed by atoms with Crippen molar-refractivity contribution in [3.63, 3.8) is 0 Å². The highest BCUT2D eigenvalue weighted by Crippen LogP contribution is 2.42. The number of benzene rings is 2. The van der Waals surface area contributed by atoms with Gasteiger partial charge in [-0.15, -0.1) is 13.2 Å². The highest BCUT2D eigenvalue weighted by molar-refractivity contribution is 6.34. The molecule has 4 aromatic rings. The summed E-state index contributed by atoms with van der Waals surface area (Å²) in [7, 11) is 1.25. The van der Waals surface area contributed by atoms with E-state index >= 15 is 0 Å². The van der Waals surface area contributed by atoms with Crippen molar-refractivity contribution in [3.8, 4) is 28.1 Å². The van der Waals surface area contributed by atoms with Crippen molar-refractivity contribution in [1.82, 2.24) is 30.1 Å². The molecule has 3 saturated heterocycles. The van der Waals surface area contributed by atoms with Crippen LogP contribution < -0.4 is 20.3 Å². The molecule has 2 aromatic carbocycles. The Morgan fingerprint density at radius 1 is 0.938 bits per heavy atom. The molecule has 4 unspecified atom stereocenters. The molecule has 3 aliphatic rings. The van der Waals surface area contributed by atoms with Crippen LogP contribution in [0.4, 0.5) is 29.5 Å². The summed E-state index contributed by atoms with van der Waals surface area (Å²) >= 11 is 6.66. The van der Waals surface area contributed by atoms with E-state index in [4.69, 9.17) is 21.1 Å². The molecule has 3 fully saturated rings. The predicted octanol–water partition coefficient (Wildman–Crippen LogP) is 8.09. The second kappa shape index (κ2) is 19.3. The summed E-state index contributed by atoms with van der Waals surface area (Å²) in [6, 6.07) is 11.0. The normalized spacial score (nSPS) is 20.0. The number of amides is 4. The minimum Gasteiger partial charge on any atom is -0.453 e. The molecular weight excluding hydrogens is 869 g/mol.